The van der Waals surface area contributed by atoms with Crippen LogP contribution in [0.1, 0.15) is 19.3 Å². The molecule has 1 aliphatic carbocycles. The molecule has 0 amide bonds. The molecule has 0 aliphatic heterocycles. The Morgan fingerprint density at radius 1 is 1.00 bits per heavy atom. The van der Waals surface area contributed by atoms with Gasteiger partial charge in [0, 0.05) is 5.57 Å². The molecule has 3 heteroatoms. The molecule has 0 N–H and O–H groups in total. The minimum absolute atomic E-state index is 0.0200. The van der Waals surface area contributed by atoms with Crippen molar-refractivity contribution in [2.24, 2.45) is 0 Å². The van der Waals surface area contributed by atoms with Gasteiger partial charge in [-0.2, -0.15) is 13.2 Å². The standard InChI is InChI=1S/C10H11F3/c11-10(12,13)9-7-5-3-1-2-4-6-8-9/h1-3,5,8H,4,6-7H2/b2-1-,5-3?,9-8+. The average Bonchev–Trinajstić information content (AvgIpc) is 2.14. The lowest BCUT2D eigenvalue weighted by Crippen LogP contribution is -2.11. The first-order valence-corrected chi connectivity index (χ1v) is 4.18. The fraction of sp³-hybridized carbons (Fsp3) is 0.400. The quantitative estimate of drug-likeness (QED) is 0.507. The van der Waals surface area contributed by atoms with Crippen molar-refractivity contribution in [2.75, 3.05) is 0 Å². The predicted molar refractivity (Wildman–Crippen MR) is 46.3 cm³/mol. The molecule has 1 rings (SSSR count). The second-order valence-corrected chi connectivity index (χ2v) is 2.86. The highest BCUT2D eigenvalue weighted by Gasteiger charge is 2.31. The Hall–Kier alpha value is -0.990. The SMILES string of the molecule is FC(F)(F)/C1=C/CC/C=C\C=CC1. The smallest absolute Gasteiger partial charge is 0.166 e. The van der Waals surface area contributed by atoms with E-state index in [0.717, 1.165) is 0 Å². The molecular weight excluding hydrogens is 177 g/mol. The van der Waals surface area contributed by atoms with Gasteiger partial charge in [-0.25, -0.2) is 0 Å². The number of halogens is 3. The summed E-state index contributed by atoms with van der Waals surface area (Å²) in [7, 11) is 0. The summed E-state index contributed by atoms with van der Waals surface area (Å²) in [4.78, 5) is 0. The molecule has 0 radical (unpaired) electrons. The van der Waals surface area contributed by atoms with E-state index in [2.05, 4.69) is 0 Å². The van der Waals surface area contributed by atoms with Crippen molar-refractivity contribution in [1.29, 1.82) is 0 Å². The minimum Gasteiger partial charge on any atom is -0.166 e. The Morgan fingerprint density at radius 3 is 2.38 bits per heavy atom. The monoisotopic (exact) mass is 188 g/mol. The van der Waals surface area contributed by atoms with Gasteiger partial charge in [-0.3, -0.25) is 0 Å². The van der Waals surface area contributed by atoms with Gasteiger partial charge in [0.2, 0.25) is 0 Å². The molecule has 0 unspecified atom stereocenters. The number of hydrogen-bond acceptors (Lipinski definition) is 0. The molecule has 0 atom stereocenters. The second kappa shape index (κ2) is 4.30. The number of allylic oxidation sites excluding steroid dienone is 6. The van der Waals surface area contributed by atoms with Gasteiger partial charge in [0.25, 0.3) is 0 Å². The zero-order valence-electron chi connectivity index (χ0n) is 7.14. The Bertz CT molecular complexity index is 243. The molecule has 0 saturated carbocycles. The van der Waals surface area contributed by atoms with Gasteiger partial charge in [0.05, 0.1) is 0 Å². The highest BCUT2D eigenvalue weighted by atomic mass is 19.4. The van der Waals surface area contributed by atoms with Crippen molar-refractivity contribution < 1.29 is 13.2 Å². The van der Waals surface area contributed by atoms with Gasteiger partial charge < -0.3 is 0 Å². The molecule has 0 fully saturated rings. The lowest BCUT2D eigenvalue weighted by atomic mass is 10.1. The molecule has 13 heavy (non-hydrogen) atoms. The van der Waals surface area contributed by atoms with Crippen LogP contribution in [0.2, 0.25) is 0 Å². The first-order valence-electron chi connectivity index (χ1n) is 4.18. The highest BCUT2D eigenvalue weighted by Crippen LogP contribution is 2.29. The summed E-state index contributed by atoms with van der Waals surface area (Å²) >= 11 is 0. The lowest BCUT2D eigenvalue weighted by molar-refractivity contribution is -0.0931. The van der Waals surface area contributed by atoms with E-state index < -0.39 is 11.7 Å². The van der Waals surface area contributed by atoms with Crippen LogP contribution >= 0.6 is 0 Å². The Labute approximate surface area is 75.4 Å². The first kappa shape index (κ1) is 10.1. The van der Waals surface area contributed by atoms with Crippen LogP contribution in [0.4, 0.5) is 13.2 Å². The fourth-order valence-electron chi connectivity index (χ4n) is 1.12. The molecular formula is C10H11F3. The second-order valence-electron chi connectivity index (χ2n) is 2.86. The summed E-state index contributed by atoms with van der Waals surface area (Å²) in [6, 6.07) is 0. The molecule has 0 bridgehead atoms. The van der Waals surface area contributed by atoms with Gasteiger partial charge >= 0.3 is 6.18 Å². The maximum Gasteiger partial charge on any atom is 0.412 e. The van der Waals surface area contributed by atoms with Crippen molar-refractivity contribution in [2.45, 2.75) is 25.4 Å². The van der Waals surface area contributed by atoms with E-state index in [1.54, 1.807) is 12.2 Å². The zero-order valence-corrected chi connectivity index (χ0v) is 7.14. The first-order chi connectivity index (χ1) is 6.11. The normalized spacial score (nSPS) is 25.3. The summed E-state index contributed by atoms with van der Waals surface area (Å²) in [5.41, 5.74) is -0.438. The minimum atomic E-state index is -4.17. The summed E-state index contributed by atoms with van der Waals surface area (Å²) < 4.78 is 36.8. The van der Waals surface area contributed by atoms with Crippen molar-refractivity contribution >= 4 is 0 Å². The molecule has 72 valence electrons. The lowest BCUT2D eigenvalue weighted by Gasteiger charge is -2.08. The van der Waals surface area contributed by atoms with Crippen molar-refractivity contribution in [3.63, 3.8) is 0 Å². The molecule has 0 aromatic rings. The van der Waals surface area contributed by atoms with Gasteiger partial charge in [-0.1, -0.05) is 30.4 Å². The molecule has 1 aliphatic rings. The Kier molecular flexibility index (Phi) is 3.34. The van der Waals surface area contributed by atoms with E-state index in [1.165, 1.54) is 12.2 Å². The van der Waals surface area contributed by atoms with E-state index in [1.807, 2.05) is 6.08 Å². The van der Waals surface area contributed by atoms with E-state index >= 15 is 0 Å². The summed E-state index contributed by atoms with van der Waals surface area (Å²) in [5.74, 6) is 0. The maximum atomic E-state index is 12.3. The topological polar surface area (TPSA) is 0 Å². The average molecular weight is 188 g/mol. The molecule has 0 nitrogen and oxygen atoms in total. The fourth-order valence-corrected chi connectivity index (χ4v) is 1.12. The van der Waals surface area contributed by atoms with E-state index in [4.69, 9.17) is 0 Å². The number of alkyl halides is 3. The van der Waals surface area contributed by atoms with Crippen LogP contribution in [0.5, 0.6) is 0 Å². The van der Waals surface area contributed by atoms with Gasteiger partial charge in [0.15, 0.2) is 0 Å². The number of hydrogen-bond donors (Lipinski definition) is 0. The molecule has 0 aromatic heterocycles. The highest BCUT2D eigenvalue weighted by molar-refractivity contribution is 5.17. The number of rotatable bonds is 0. The van der Waals surface area contributed by atoms with Crippen LogP contribution in [0, 0.1) is 0 Å². The third kappa shape index (κ3) is 3.49. The molecule has 0 heterocycles. The van der Waals surface area contributed by atoms with E-state index in [-0.39, 0.29) is 6.42 Å². The largest absolute Gasteiger partial charge is 0.412 e. The third-order valence-corrected chi connectivity index (χ3v) is 1.81. The van der Waals surface area contributed by atoms with Gasteiger partial charge in [-0.15, -0.1) is 0 Å². The summed E-state index contributed by atoms with van der Waals surface area (Å²) in [6.07, 6.45) is 5.06. The van der Waals surface area contributed by atoms with Crippen LogP contribution in [0.3, 0.4) is 0 Å². The van der Waals surface area contributed by atoms with Crippen LogP contribution < -0.4 is 0 Å². The van der Waals surface area contributed by atoms with Crippen molar-refractivity contribution in [1.82, 2.24) is 0 Å². The van der Waals surface area contributed by atoms with Crippen LogP contribution in [-0.4, -0.2) is 6.18 Å². The molecule has 0 saturated heterocycles. The van der Waals surface area contributed by atoms with Crippen LogP contribution in [0.25, 0.3) is 0 Å². The van der Waals surface area contributed by atoms with Crippen LogP contribution in [0.15, 0.2) is 36.0 Å². The Morgan fingerprint density at radius 2 is 1.69 bits per heavy atom. The zero-order chi connectivity index (χ0) is 9.73. The predicted octanol–water partition coefficient (Wildman–Crippen LogP) is 3.77. The molecule has 0 aromatic carbocycles. The van der Waals surface area contributed by atoms with Crippen LogP contribution in [-0.2, 0) is 0 Å². The van der Waals surface area contributed by atoms with E-state index in [9.17, 15) is 13.2 Å². The van der Waals surface area contributed by atoms with Crippen molar-refractivity contribution in [3.05, 3.63) is 36.0 Å². The molecule has 0 spiro atoms. The van der Waals surface area contributed by atoms with Gasteiger partial charge in [0.1, 0.15) is 0 Å². The third-order valence-electron chi connectivity index (χ3n) is 1.81. The van der Waals surface area contributed by atoms with Gasteiger partial charge in [-0.05, 0) is 19.3 Å². The summed E-state index contributed by atoms with van der Waals surface area (Å²) in [6.45, 7) is 0. The summed E-state index contributed by atoms with van der Waals surface area (Å²) in [5, 5.41) is 0. The Balaban J connectivity index is 2.73. The maximum absolute atomic E-state index is 12.3. The van der Waals surface area contributed by atoms with E-state index in [0.29, 0.717) is 12.8 Å². The van der Waals surface area contributed by atoms with Crippen molar-refractivity contribution in [3.8, 4) is 0 Å².